The summed E-state index contributed by atoms with van der Waals surface area (Å²) >= 11 is 4.45. The van der Waals surface area contributed by atoms with Crippen LogP contribution in [0.2, 0.25) is 0 Å². The summed E-state index contributed by atoms with van der Waals surface area (Å²) in [5.74, 6) is -0.666. The fraction of sp³-hybridized carbons (Fsp3) is 0.267. The Balaban J connectivity index is 2.17. The third-order valence-corrected chi connectivity index (χ3v) is 4.34. The first kappa shape index (κ1) is 16.6. The van der Waals surface area contributed by atoms with Crippen LogP contribution in [0.3, 0.4) is 0 Å². The number of nitrogens with one attached hydrogen (secondary N) is 1. The Labute approximate surface area is 140 Å². The molecule has 1 aromatic carbocycles. The lowest BCUT2D eigenvalue weighted by Gasteiger charge is -2.01. The molecule has 0 saturated carbocycles. The van der Waals surface area contributed by atoms with Gasteiger partial charge >= 0.3 is 5.97 Å². The first-order chi connectivity index (χ1) is 10.5. The third kappa shape index (κ3) is 3.92. The van der Waals surface area contributed by atoms with E-state index in [9.17, 15) is 9.59 Å². The van der Waals surface area contributed by atoms with Gasteiger partial charge in [-0.1, -0.05) is 34.2 Å². The number of halogens is 1. The quantitative estimate of drug-likeness (QED) is 0.796. The molecule has 1 amide bonds. The van der Waals surface area contributed by atoms with E-state index in [1.54, 1.807) is 31.2 Å². The standard InChI is InChI=1S/C15H15BrN2O3S/c1-3-11-12(14(20)21-4-2)22-15(17-11)18-13(19)9-5-7-10(16)8-6-9/h5-8H,3-4H2,1-2H3,(H,17,18,19). The summed E-state index contributed by atoms with van der Waals surface area (Å²) in [6, 6.07) is 7.00. The number of carbonyl (C=O) groups is 2. The first-order valence-electron chi connectivity index (χ1n) is 6.78. The number of thiazole rings is 1. The molecule has 1 N–H and O–H groups in total. The van der Waals surface area contributed by atoms with Gasteiger partial charge in [-0.2, -0.15) is 0 Å². The largest absolute Gasteiger partial charge is 0.462 e. The molecule has 0 aliphatic rings. The second-order valence-electron chi connectivity index (χ2n) is 4.33. The summed E-state index contributed by atoms with van der Waals surface area (Å²) in [7, 11) is 0. The highest BCUT2D eigenvalue weighted by Crippen LogP contribution is 2.25. The minimum atomic E-state index is -0.402. The van der Waals surface area contributed by atoms with Crippen molar-refractivity contribution in [2.24, 2.45) is 0 Å². The number of anilines is 1. The minimum absolute atomic E-state index is 0.265. The number of esters is 1. The fourth-order valence-electron chi connectivity index (χ4n) is 1.77. The summed E-state index contributed by atoms with van der Waals surface area (Å²) < 4.78 is 5.90. The lowest BCUT2D eigenvalue weighted by Crippen LogP contribution is -2.11. The van der Waals surface area contributed by atoms with E-state index < -0.39 is 5.97 Å². The lowest BCUT2D eigenvalue weighted by atomic mass is 10.2. The van der Waals surface area contributed by atoms with Crippen LogP contribution in [0.1, 0.15) is 39.6 Å². The molecule has 0 aliphatic heterocycles. The number of rotatable bonds is 5. The number of carbonyl (C=O) groups excluding carboxylic acids is 2. The van der Waals surface area contributed by atoms with E-state index in [1.165, 1.54) is 0 Å². The predicted molar refractivity (Wildman–Crippen MR) is 89.5 cm³/mol. The SMILES string of the molecule is CCOC(=O)c1sc(NC(=O)c2ccc(Br)cc2)nc1CC. The molecule has 116 valence electrons. The molecule has 2 rings (SSSR count). The number of ether oxygens (including phenoxy) is 1. The molecule has 0 radical (unpaired) electrons. The van der Waals surface area contributed by atoms with E-state index in [-0.39, 0.29) is 5.91 Å². The van der Waals surface area contributed by atoms with E-state index in [1.807, 2.05) is 6.92 Å². The number of nitrogens with zero attached hydrogens (tertiary/aromatic N) is 1. The van der Waals surface area contributed by atoms with Crippen molar-refractivity contribution in [1.82, 2.24) is 4.98 Å². The normalized spacial score (nSPS) is 10.3. The van der Waals surface area contributed by atoms with Crippen LogP contribution < -0.4 is 5.32 Å². The van der Waals surface area contributed by atoms with Crippen LogP contribution in [0.4, 0.5) is 5.13 Å². The molecule has 1 aromatic heterocycles. The van der Waals surface area contributed by atoms with Crippen LogP contribution in [0.5, 0.6) is 0 Å². The molecule has 0 atom stereocenters. The topological polar surface area (TPSA) is 68.3 Å². The van der Waals surface area contributed by atoms with Gasteiger partial charge in [0.15, 0.2) is 5.13 Å². The van der Waals surface area contributed by atoms with Crippen molar-refractivity contribution in [2.45, 2.75) is 20.3 Å². The summed E-state index contributed by atoms with van der Waals surface area (Å²) in [5.41, 5.74) is 1.16. The van der Waals surface area contributed by atoms with Crippen LogP contribution in [0.25, 0.3) is 0 Å². The van der Waals surface area contributed by atoms with Crippen LogP contribution in [-0.2, 0) is 11.2 Å². The van der Waals surface area contributed by atoms with E-state index in [0.29, 0.717) is 34.3 Å². The molecular weight excluding hydrogens is 368 g/mol. The molecule has 0 spiro atoms. The highest BCUT2D eigenvalue weighted by molar-refractivity contribution is 9.10. The second-order valence-corrected chi connectivity index (χ2v) is 6.24. The van der Waals surface area contributed by atoms with Crippen LogP contribution in [0, 0.1) is 0 Å². The van der Waals surface area contributed by atoms with Gasteiger partial charge in [0.05, 0.1) is 12.3 Å². The van der Waals surface area contributed by atoms with E-state index >= 15 is 0 Å². The number of hydrogen-bond donors (Lipinski definition) is 1. The van der Waals surface area contributed by atoms with Gasteiger partial charge in [0, 0.05) is 10.0 Å². The van der Waals surface area contributed by atoms with Crippen molar-refractivity contribution < 1.29 is 14.3 Å². The average Bonchev–Trinajstić information content (AvgIpc) is 2.91. The molecule has 5 nitrogen and oxygen atoms in total. The molecule has 0 unspecified atom stereocenters. The van der Waals surface area contributed by atoms with Crippen molar-refractivity contribution in [3.8, 4) is 0 Å². The highest BCUT2D eigenvalue weighted by atomic mass is 79.9. The summed E-state index contributed by atoms with van der Waals surface area (Å²) in [5, 5.41) is 3.11. The maximum absolute atomic E-state index is 12.2. The van der Waals surface area contributed by atoms with E-state index in [2.05, 4.69) is 26.2 Å². The number of aryl methyl sites for hydroxylation is 1. The van der Waals surface area contributed by atoms with E-state index in [0.717, 1.165) is 15.8 Å². The van der Waals surface area contributed by atoms with Crippen molar-refractivity contribution >= 4 is 44.3 Å². The maximum atomic E-state index is 12.2. The van der Waals surface area contributed by atoms with Gasteiger partial charge in [0.1, 0.15) is 4.88 Å². The van der Waals surface area contributed by atoms with Gasteiger partial charge in [-0.3, -0.25) is 10.1 Å². The van der Waals surface area contributed by atoms with Crippen LogP contribution in [0.15, 0.2) is 28.7 Å². The van der Waals surface area contributed by atoms with Gasteiger partial charge < -0.3 is 4.74 Å². The number of benzene rings is 1. The van der Waals surface area contributed by atoms with Crippen molar-refractivity contribution in [1.29, 1.82) is 0 Å². The molecule has 0 bridgehead atoms. The van der Waals surface area contributed by atoms with Gasteiger partial charge in [-0.15, -0.1) is 0 Å². The minimum Gasteiger partial charge on any atom is -0.462 e. The Bertz CT molecular complexity index is 683. The van der Waals surface area contributed by atoms with Gasteiger partial charge in [-0.25, -0.2) is 9.78 Å². The monoisotopic (exact) mass is 382 g/mol. The number of amides is 1. The van der Waals surface area contributed by atoms with Crippen molar-refractivity contribution in [3.05, 3.63) is 44.9 Å². The zero-order valence-electron chi connectivity index (χ0n) is 12.2. The highest BCUT2D eigenvalue weighted by Gasteiger charge is 2.19. The molecule has 22 heavy (non-hydrogen) atoms. The van der Waals surface area contributed by atoms with Crippen molar-refractivity contribution in [2.75, 3.05) is 11.9 Å². The average molecular weight is 383 g/mol. The molecule has 0 saturated heterocycles. The molecule has 0 fully saturated rings. The Hall–Kier alpha value is -1.73. The fourth-order valence-corrected chi connectivity index (χ4v) is 2.98. The molecular formula is C15H15BrN2O3S. The van der Waals surface area contributed by atoms with Crippen LogP contribution in [-0.4, -0.2) is 23.5 Å². The predicted octanol–water partition coefficient (Wildman–Crippen LogP) is 3.90. The molecule has 0 aliphatic carbocycles. The summed E-state index contributed by atoms with van der Waals surface area (Å²) in [6.07, 6.45) is 0.596. The third-order valence-electron chi connectivity index (χ3n) is 2.82. The maximum Gasteiger partial charge on any atom is 0.350 e. The van der Waals surface area contributed by atoms with Crippen LogP contribution >= 0.6 is 27.3 Å². The van der Waals surface area contributed by atoms with Crippen molar-refractivity contribution in [3.63, 3.8) is 0 Å². The Morgan fingerprint density at radius 2 is 1.95 bits per heavy atom. The lowest BCUT2D eigenvalue weighted by molar-refractivity contribution is 0.0530. The second kappa shape index (κ2) is 7.51. The number of aromatic nitrogens is 1. The first-order valence-corrected chi connectivity index (χ1v) is 8.39. The molecule has 1 heterocycles. The zero-order valence-corrected chi connectivity index (χ0v) is 14.6. The molecule has 2 aromatic rings. The Morgan fingerprint density at radius 3 is 2.55 bits per heavy atom. The summed E-state index contributed by atoms with van der Waals surface area (Å²) in [6.45, 7) is 3.96. The van der Waals surface area contributed by atoms with E-state index in [4.69, 9.17) is 4.74 Å². The van der Waals surface area contributed by atoms with Gasteiger partial charge in [-0.05, 0) is 37.6 Å². The Kier molecular flexibility index (Phi) is 5.68. The summed E-state index contributed by atoms with van der Waals surface area (Å²) in [4.78, 5) is 28.7. The number of hydrogen-bond acceptors (Lipinski definition) is 5. The Morgan fingerprint density at radius 1 is 1.27 bits per heavy atom. The smallest absolute Gasteiger partial charge is 0.350 e. The van der Waals surface area contributed by atoms with Gasteiger partial charge in [0.2, 0.25) is 0 Å². The zero-order chi connectivity index (χ0) is 16.1. The van der Waals surface area contributed by atoms with Gasteiger partial charge in [0.25, 0.3) is 5.91 Å². The molecule has 7 heteroatoms.